The van der Waals surface area contributed by atoms with E-state index in [1.807, 2.05) is 6.92 Å². The summed E-state index contributed by atoms with van der Waals surface area (Å²) in [6, 6.07) is 0.987. The number of aliphatic hydroxyl groups excluding tert-OH is 1. The molecule has 0 spiro atoms. The van der Waals surface area contributed by atoms with Gasteiger partial charge in [-0.3, -0.25) is 4.90 Å². The highest BCUT2D eigenvalue weighted by atomic mass is 16.5. The molecule has 0 aromatic rings. The van der Waals surface area contributed by atoms with E-state index < -0.39 is 6.10 Å². The van der Waals surface area contributed by atoms with E-state index in [1.165, 1.54) is 19.3 Å². The summed E-state index contributed by atoms with van der Waals surface area (Å²) in [6.07, 6.45) is 3.41. The van der Waals surface area contributed by atoms with Crippen molar-refractivity contribution in [3.8, 4) is 0 Å². The van der Waals surface area contributed by atoms with Crippen molar-refractivity contribution in [3.05, 3.63) is 0 Å². The topological polar surface area (TPSA) is 54.0 Å². The molecule has 1 fully saturated rings. The van der Waals surface area contributed by atoms with Gasteiger partial charge in [0.25, 0.3) is 0 Å². The number of rotatable bonds is 10. The van der Waals surface area contributed by atoms with Crippen molar-refractivity contribution in [1.82, 2.24) is 10.2 Å². The summed E-state index contributed by atoms with van der Waals surface area (Å²) in [6.45, 7) is 10.0. The molecule has 21 heavy (non-hydrogen) atoms. The smallest absolute Gasteiger partial charge is 0.0900 e. The molecule has 2 N–H and O–H groups in total. The lowest BCUT2D eigenvalue weighted by molar-refractivity contribution is -0.0426. The van der Waals surface area contributed by atoms with Gasteiger partial charge in [0, 0.05) is 32.3 Å². The first-order chi connectivity index (χ1) is 10.0. The molecular weight excluding hydrogens is 268 g/mol. The van der Waals surface area contributed by atoms with Crippen molar-refractivity contribution in [1.29, 1.82) is 0 Å². The molecule has 0 aromatic heterocycles. The van der Waals surface area contributed by atoms with Crippen LogP contribution in [0, 0.1) is 0 Å². The number of nitrogens with zero attached hydrogens (tertiary/aromatic N) is 1. The Bertz CT molecular complexity index is 258. The molecule has 0 bridgehead atoms. The van der Waals surface area contributed by atoms with Gasteiger partial charge in [0.1, 0.15) is 0 Å². The Morgan fingerprint density at radius 2 is 2.00 bits per heavy atom. The van der Waals surface area contributed by atoms with Crippen molar-refractivity contribution >= 4 is 0 Å². The van der Waals surface area contributed by atoms with Gasteiger partial charge in [-0.1, -0.05) is 6.42 Å². The van der Waals surface area contributed by atoms with E-state index in [2.05, 4.69) is 24.1 Å². The summed E-state index contributed by atoms with van der Waals surface area (Å²) < 4.78 is 10.6. The van der Waals surface area contributed by atoms with Crippen LogP contribution in [-0.4, -0.2) is 74.3 Å². The predicted molar refractivity (Wildman–Crippen MR) is 85.6 cm³/mol. The highest BCUT2D eigenvalue weighted by Gasteiger charge is 2.21. The molecule has 1 heterocycles. The van der Waals surface area contributed by atoms with Gasteiger partial charge in [-0.25, -0.2) is 0 Å². The first-order valence-corrected chi connectivity index (χ1v) is 8.29. The maximum Gasteiger partial charge on any atom is 0.0900 e. The lowest BCUT2D eigenvalue weighted by Gasteiger charge is -2.34. The normalized spacial score (nSPS) is 22.7. The zero-order valence-electron chi connectivity index (χ0n) is 14.2. The number of piperidine rings is 1. The molecule has 3 atom stereocenters. The lowest BCUT2D eigenvalue weighted by Crippen LogP contribution is -2.48. The molecule has 1 aliphatic rings. The summed E-state index contributed by atoms with van der Waals surface area (Å²) in [7, 11) is 1.66. The largest absolute Gasteiger partial charge is 0.389 e. The van der Waals surface area contributed by atoms with E-state index in [0.717, 1.165) is 13.1 Å². The predicted octanol–water partition coefficient (Wildman–Crippen LogP) is 1.25. The molecule has 126 valence electrons. The summed E-state index contributed by atoms with van der Waals surface area (Å²) in [5.74, 6) is 0. The van der Waals surface area contributed by atoms with E-state index in [4.69, 9.17) is 9.47 Å². The second kappa shape index (κ2) is 10.5. The minimum Gasteiger partial charge on any atom is -0.389 e. The van der Waals surface area contributed by atoms with E-state index in [-0.39, 0.29) is 6.10 Å². The third kappa shape index (κ3) is 8.12. The molecule has 5 nitrogen and oxygen atoms in total. The van der Waals surface area contributed by atoms with Gasteiger partial charge in [-0.15, -0.1) is 0 Å². The fourth-order valence-corrected chi connectivity index (χ4v) is 2.74. The number of hydrogen-bond donors (Lipinski definition) is 2. The summed E-state index contributed by atoms with van der Waals surface area (Å²) in [4.78, 5) is 2.35. The van der Waals surface area contributed by atoms with Crippen LogP contribution in [0.5, 0.6) is 0 Å². The molecule has 1 aliphatic heterocycles. The molecule has 0 amide bonds. The molecular formula is C16H34N2O3. The van der Waals surface area contributed by atoms with Crippen LogP contribution in [0.15, 0.2) is 0 Å². The van der Waals surface area contributed by atoms with E-state index in [1.54, 1.807) is 7.11 Å². The average Bonchev–Trinajstić information content (AvgIpc) is 2.46. The Hall–Kier alpha value is -0.200. The zero-order valence-corrected chi connectivity index (χ0v) is 14.2. The Balaban J connectivity index is 2.31. The van der Waals surface area contributed by atoms with Gasteiger partial charge in [-0.05, 0) is 40.2 Å². The Morgan fingerprint density at radius 1 is 1.24 bits per heavy atom. The number of hydrogen-bond acceptors (Lipinski definition) is 5. The van der Waals surface area contributed by atoms with Crippen LogP contribution in [0.2, 0.25) is 0 Å². The first-order valence-electron chi connectivity index (χ1n) is 8.29. The van der Waals surface area contributed by atoms with Crippen LogP contribution < -0.4 is 5.32 Å². The third-order valence-electron chi connectivity index (χ3n) is 4.02. The van der Waals surface area contributed by atoms with Crippen molar-refractivity contribution in [2.24, 2.45) is 0 Å². The summed E-state index contributed by atoms with van der Waals surface area (Å²) >= 11 is 0. The quantitative estimate of drug-likeness (QED) is 0.636. The van der Waals surface area contributed by atoms with Crippen molar-refractivity contribution in [2.75, 3.05) is 40.0 Å². The minimum absolute atomic E-state index is 0.0251. The molecule has 1 rings (SSSR count). The van der Waals surface area contributed by atoms with Crippen molar-refractivity contribution in [2.45, 2.75) is 64.3 Å². The maximum absolute atomic E-state index is 10.2. The Morgan fingerprint density at radius 3 is 2.57 bits per heavy atom. The molecule has 0 aliphatic carbocycles. The standard InChI is InChI=1S/C16H34N2O3/c1-13(2)18(9-15-7-5-6-8-17-15)10-16(19)12-21-14(3)11-20-4/h13-17,19H,5-12H2,1-4H3. The monoisotopic (exact) mass is 302 g/mol. The van der Waals surface area contributed by atoms with Crippen molar-refractivity contribution in [3.63, 3.8) is 0 Å². The molecule has 0 radical (unpaired) electrons. The van der Waals surface area contributed by atoms with Crippen LogP contribution in [0.4, 0.5) is 0 Å². The molecule has 1 saturated heterocycles. The number of aliphatic hydroxyl groups is 1. The highest BCUT2D eigenvalue weighted by molar-refractivity contribution is 4.79. The fraction of sp³-hybridized carbons (Fsp3) is 1.00. The molecule has 5 heteroatoms. The number of methoxy groups -OCH3 is 1. The molecule has 3 unspecified atom stereocenters. The maximum atomic E-state index is 10.2. The lowest BCUT2D eigenvalue weighted by atomic mass is 10.0. The Kier molecular flexibility index (Phi) is 9.44. The van der Waals surface area contributed by atoms with E-state index in [0.29, 0.717) is 31.8 Å². The van der Waals surface area contributed by atoms with E-state index >= 15 is 0 Å². The van der Waals surface area contributed by atoms with Gasteiger partial charge in [0.05, 0.1) is 25.4 Å². The second-order valence-corrected chi connectivity index (χ2v) is 6.45. The highest BCUT2D eigenvalue weighted by Crippen LogP contribution is 2.11. The van der Waals surface area contributed by atoms with Gasteiger partial charge < -0.3 is 19.9 Å². The first kappa shape index (κ1) is 18.8. The van der Waals surface area contributed by atoms with Crippen LogP contribution in [0.1, 0.15) is 40.0 Å². The Labute approximate surface area is 130 Å². The number of nitrogens with one attached hydrogen (secondary N) is 1. The van der Waals surface area contributed by atoms with Crippen LogP contribution in [0.3, 0.4) is 0 Å². The third-order valence-corrected chi connectivity index (χ3v) is 4.02. The van der Waals surface area contributed by atoms with Crippen LogP contribution in [-0.2, 0) is 9.47 Å². The summed E-state index contributed by atoms with van der Waals surface area (Å²) in [5.41, 5.74) is 0. The molecule has 0 saturated carbocycles. The van der Waals surface area contributed by atoms with Gasteiger partial charge in [0.2, 0.25) is 0 Å². The van der Waals surface area contributed by atoms with Gasteiger partial charge >= 0.3 is 0 Å². The minimum atomic E-state index is -0.449. The summed E-state index contributed by atoms with van der Waals surface area (Å²) in [5, 5.41) is 13.8. The zero-order chi connectivity index (χ0) is 15.7. The van der Waals surface area contributed by atoms with E-state index in [9.17, 15) is 5.11 Å². The average molecular weight is 302 g/mol. The van der Waals surface area contributed by atoms with Gasteiger partial charge in [0.15, 0.2) is 0 Å². The van der Waals surface area contributed by atoms with Crippen molar-refractivity contribution < 1.29 is 14.6 Å². The molecule has 0 aromatic carbocycles. The number of ether oxygens (including phenoxy) is 2. The van der Waals surface area contributed by atoms with Crippen LogP contribution in [0.25, 0.3) is 0 Å². The second-order valence-electron chi connectivity index (χ2n) is 6.45. The SMILES string of the molecule is COCC(C)OCC(O)CN(CC1CCCCN1)C(C)C. The fourth-order valence-electron chi connectivity index (χ4n) is 2.74. The van der Waals surface area contributed by atoms with Crippen LogP contribution >= 0.6 is 0 Å². The van der Waals surface area contributed by atoms with Gasteiger partial charge in [-0.2, -0.15) is 0 Å².